The molecule has 0 saturated heterocycles. The molecule has 4 aliphatic carbocycles. The van der Waals surface area contributed by atoms with Crippen LogP contribution in [0.1, 0.15) is 38.5 Å². The van der Waals surface area contributed by atoms with E-state index in [4.69, 9.17) is 32.7 Å². The molecule has 7 nitrogen and oxygen atoms in total. The largest absolute Gasteiger partial charge is 0.495 e. The molecule has 1 aromatic carbocycles. The maximum atomic E-state index is 13.7. The number of anilines is 1. The van der Waals surface area contributed by atoms with E-state index in [0.29, 0.717) is 34.0 Å². The summed E-state index contributed by atoms with van der Waals surface area (Å²) in [6.45, 7) is 0. The van der Waals surface area contributed by atoms with Crippen molar-refractivity contribution in [2.45, 2.75) is 44.1 Å². The molecular formula is C21H24Cl2N4O3. The van der Waals surface area contributed by atoms with Gasteiger partial charge in [-0.05, 0) is 62.0 Å². The number of ether oxygens (including phenoxy) is 2. The topological polar surface area (TPSA) is 78.3 Å². The van der Waals surface area contributed by atoms with Crippen molar-refractivity contribution in [1.29, 1.82) is 0 Å². The second kappa shape index (κ2) is 7.02. The summed E-state index contributed by atoms with van der Waals surface area (Å²) in [4.78, 5) is 17.8. The smallest absolute Gasteiger partial charge is 0.242 e. The Labute approximate surface area is 185 Å². The Balaban J connectivity index is 1.48. The number of halogens is 2. The van der Waals surface area contributed by atoms with Crippen LogP contribution in [0.5, 0.6) is 11.5 Å². The van der Waals surface area contributed by atoms with E-state index in [1.165, 1.54) is 6.42 Å². The van der Waals surface area contributed by atoms with E-state index in [1.54, 1.807) is 32.7 Å². The lowest BCUT2D eigenvalue weighted by Gasteiger charge is -2.60. The van der Waals surface area contributed by atoms with Gasteiger partial charge in [-0.2, -0.15) is 0 Å². The number of rotatable bonds is 5. The molecule has 160 valence electrons. The number of carbonyl (C=O) groups is 1. The molecule has 1 heterocycles. The number of nitrogens with zero attached hydrogens (tertiary/aromatic N) is 3. The van der Waals surface area contributed by atoms with Crippen molar-refractivity contribution in [1.82, 2.24) is 14.8 Å². The average molecular weight is 451 g/mol. The first-order chi connectivity index (χ1) is 14.4. The van der Waals surface area contributed by atoms with Crippen LogP contribution in [-0.4, -0.2) is 34.9 Å². The molecule has 6 rings (SSSR count). The number of hydrogen-bond donors (Lipinski definition) is 1. The van der Waals surface area contributed by atoms with E-state index < -0.39 is 5.41 Å². The highest BCUT2D eigenvalue weighted by Crippen LogP contribution is 2.64. The minimum atomic E-state index is -0.444. The molecule has 1 aromatic heterocycles. The van der Waals surface area contributed by atoms with Gasteiger partial charge in [0.05, 0.1) is 35.9 Å². The van der Waals surface area contributed by atoms with E-state index in [2.05, 4.69) is 15.4 Å². The van der Waals surface area contributed by atoms with Crippen molar-refractivity contribution in [3.8, 4) is 11.5 Å². The Kier molecular flexibility index (Phi) is 4.67. The lowest BCUT2D eigenvalue weighted by molar-refractivity contribution is -0.150. The SMILES string of the molecule is COc1cc(NC(=O)C23C[C@H]4C[C@H](C2)CC(n2cnc(Cl)n2)(C4)C3)c(OC)cc1Cl. The van der Waals surface area contributed by atoms with Crippen LogP contribution >= 0.6 is 23.2 Å². The highest BCUT2D eigenvalue weighted by molar-refractivity contribution is 6.32. The molecule has 0 unspecified atom stereocenters. The van der Waals surface area contributed by atoms with Crippen molar-refractivity contribution in [2.75, 3.05) is 19.5 Å². The van der Waals surface area contributed by atoms with Crippen LogP contribution in [0.3, 0.4) is 0 Å². The zero-order valence-electron chi connectivity index (χ0n) is 17.0. The molecule has 2 atom stereocenters. The van der Waals surface area contributed by atoms with Gasteiger partial charge >= 0.3 is 0 Å². The van der Waals surface area contributed by atoms with Crippen molar-refractivity contribution in [3.05, 3.63) is 28.8 Å². The van der Waals surface area contributed by atoms with Crippen LogP contribution in [0.4, 0.5) is 5.69 Å². The molecule has 4 saturated carbocycles. The predicted octanol–water partition coefficient (Wildman–Crippen LogP) is 4.54. The predicted molar refractivity (Wildman–Crippen MR) is 113 cm³/mol. The molecular weight excluding hydrogens is 427 g/mol. The van der Waals surface area contributed by atoms with Crippen LogP contribution in [-0.2, 0) is 10.3 Å². The fourth-order valence-corrected chi connectivity index (χ4v) is 6.79. The minimum absolute atomic E-state index is 0.0230. The molecule has 30 heavy (non-hydrogen) atoms. The maximum Gasteiger partial charge on any atom is 0.242 e. The molecule has 4 aliphatic rings. The zero-order chi connectivity index (χ0) is 21.1. The molecule has 0 radical (unpaired) electrons. The summed E-state index contributed by atoms with van der Waals surface area (Å²) in [7, 11) is 3.10. The van der Waals surface area contributed by atoms with Crippen LogP contribution in [0, 0.1) is 17.3 Å². The van der Waals surface area contributed by atoms with Crippen molar-refractivity contribution >= 4 is 34.8 Å². The Hall–Kier alpha value is -1.99. The quantitative estimate of drug-likeness (QED) is 0.723. The van der Waals surface area contributed by atoms with Gasteiger partial charge in [0, 0.05) is 12.1 Å². The second-order valence-corrected chi connectivity index (χ2v) is 9.81. The summed E-state index contributed by atoms with van der Waals surface area (Å²) in [5, 5.41) is 8.23. The molecule has 0 aliphatic heterocycles. The van der Waals surface area contributed by atoms with Crippen LogP contribution in [0.15, 0.2) is 18.5 Å². The highest BCUT2D eigenvalue weighted by Gasteiger charge is 2.61. The summed E-state index contributed by atoms with van der Waals surface area (Å²) in [5.74, 6) is 2.03. The summed E-state index contributed by atoms with van der Waals surface area (Å²) in [5.41, 5.74) is -0.0682. The lowest BCUT2D eigenvalue weighted by atomic mass is 9.46. The first-order valence-electron chi connectivity index (χ1n) is 10.2. The number of nitrogens with one attached hydrogen (secondary N) is 1. The number of benzene rings is 1. The standard InChI is InChI=1S/C21H24Cl2N4O3/c1-29-16-5-15(17(30-2)4-14(16)22)25-18(28)20-6-12-3-13(7-20)9-21(8-12,10-20)27-11-24-19(23)26-27/h4-5,11-13H,3,6-10H2,1-2H3,(H,25,28)/t12-,13-,20?,21?/m1/s1. The Morgan fingerprint density at radius 3 is 2.43 bits per heavy atom. The molecule has 4 bridgehead atoms. The first-order valence-corrected chi connectivity index (χ1v) is 10.9. The molecule has 9 heteroatoms. The third kappa shape index (κ3) is 3.05. The summed E-state index contributed by atoms with van der Waals surface area (Å²) in [6, 6.07) is 3.38. The molecule has 1 N–H and O–H groups in total. The van der Waals surface area contributed by atoms with Gasteiger partial charge in [-0.1, -0.05) is 11.6 Å². The minimum Gasteiger partial charge on any atom is -0.495 e. The molecule has 0 spiro atoms. The van der Waals surface area contributed by atoms with Gasteiger partial charge in [0.2, 0.25) is 11.2 Å². The average Bonchev–Trinajstić information content (AvgIpc) is 3.15. The normalized spacial score (nSPS) is 31.6. The monoisotopic (exact) mass is 450 g/mol. The number of hydrogen-bond acceptors (Lipinski definition) is 5. The fourth-order valence-electron chi connectivity index (χ4n) is 6.43. The Bertz CT molecular complexity index is 994. The number of methoxy groups -OCH3 is 2. The lowest BCUT2D eigenvalue weighted by Crippen LogP contribution is -2.60. The third-order valence-corrected chi connectivity index (χ3v) is 7.65. The fraction of sp³-hybridized carbons (Fsp3) is 0.571. The van der Waals surface area contributed by atoms with E-state index in [1.807, 2.05) is 4.68 Å². The van der Waals surface area contributed by atoms with Crippen molar-refractivity contribution in [3.63, 3.8) is 0 Å². The maximum absolute atomic E-state index is 13.7. The summed E-state index contributed by atoms with van der Waals surface area (Å²) >= 11 is 12.2. The summed E-state index contributed by atoms with van der Waals surface area (Å²) < 4.78 is 12.7. The van der Waals surface area contributed by atoms with E-state index in [-0.39, 0.29) is 16.7 Å². The summed E-state index contributed by atoms with van der Waals surface area (Å²) in [6.07, 6.45) is 7.47. The van der Waals surface area contributed by atoms with E-state index in [0.717, 1.165) is 32.1 Å². The van der Waals surface area contributed by atoms with Crippen LogP contribution in [0.25, 0.3) is 0 Å². The van der Waals surface area contributed by atoms with E-state index in [9.17, 15) is 4.79 Å². The van der Waals surface area contributed by atoms with Crippen LogP contribution in [0.2, 0.25) is 10.3 Å². The highest BCUT2D eigenvalue weighted by atomic mass is 35.5. The van der Waals surface area contributed by atoms with Gasteiger partial charge in [0.1, 0.15) is 17.8 Å². The number of carbonyl (C=O) groups excluding carboxylic acids is 1. The molecule has 1 amide bonds. The second-order valence-electron chi connectivity index (χ2n) is 9.07. The van der Waals surface area contributed by atoms with Gasteiger partial charge in [-0.15, -0.1) is 5.10 Å². The van der Waals surface area contributed by atoms with Crippen molar-refractivity contribution in [2.24, 2.45) is 17.3 Å². The molecule has 2 aromatic rings. The third-order valence-electron chi connectivity index (χ3n) is 7.18. The van der Waals surface area contributed by atoms with Gasteiger partial charge in [-0.25, -0.2) is 9.67 Å². The Morgan fingerprint density at radius 1 is 1.13 bits per heavy atom. The number of aromatic nitrogens is 3. The van der Waals surface area contributed by atoms with Gasteiger partial charge < -0.3 is 14.8 Å². The van der Waals surface area contributed by atoms with Gasteiger partial charge in [0.15, 0.2) is 0 Å². The Morgan fingerprint density at radius 2 is 1.83 bits per heavy atom. The van der Waals surface area contributed by atoms with E-state index >= 15 is 0 Å². The first kappa shape index (κ1) is 19.9. The van der Waals surface area contributed by atoms with Crippen molar-refractivity contribution < 1.29 is 14.3 Å². The van der Waals surface area contributed by atoms with Crippen LogP contribution < -0.4 is 14.8 Å². The van der Waals surface area contributed by atoms with Gasteiger partial charge in [-0.3, -0.25) is 4.79 Å². The number of amides is 1. The molecule has 4 fully saturated rings. The van der Waals surface area contributed by atoms with Gasteiger partial charge in [0.25, 0.3) is 0 Å². The zero-order valence-corrected chi connectivity index (χ0v) is 18.5.